The molecule has 0 aromatic heterocycles. The van der Waals surface area contributed by atoms with E-state index in [1.807, 2.05) is 34.6 Å². The van der Waals surface area contributed by atoms with Crippen LogP contribution in [0.25, 0.3) is 0 Å². The molecule has 0 bridgehead atoms. The van der Waals surface area contributed by atoms with Crippen LogP contribution in [0.3, 0.4) is 0 Å². The Balaban J connectivity index is 1.47. The van der Waals surface area contributed by atoms with Gasteiger partial charge in [0.1, 0.15) is 23.0 Å². The van der Waals surface area contributed by atoms with Crippen LogP contribution in [0, 0.1) is 35.9 Å². The second-order valence-corrected chi connectivity index (χ2v) is 10.2. The predicted molar refractivity (Wildman–Crippen MR) is 108 cm³/mol. The van der Waals surface area contributed by atoms with Crippen LogP contribution in [0.4, 0.5) is 9.18 Å². The van der Waals surface area contributed by atoms with Gasteiger partial charge in [0.05, 0.1) is 6.61 Å². The Morgan fingerprint density at radius 1 is 1.14 bits per heavy atom. The molecule has 1 aliphatic heterocycles. The van der Waals surface area contributed by atoms with Gasteiger partial charge in [-0.3, -0.25) is 4.79 Å². The van der Waals surface area contributed by atoms with Gasteiger partial charge >= 0.3 is 6.09 Å². The molecule has 29 heavy (non-hydrogen) atoms. The fourth-order valence-electron chi connectivity index (χ4n) is 4.17. The molecular formula is C23H32FNO4. The number of Topliss-reactive ketones (excluding diaryl/α,β-unsaturated/α-hetero) is 1. The van der Waals surface area contributed by atoms with Crippen LogP contribution >= 0.6 is 0 Å². The summed E-state index contributed by atoms with van der Waals surface area (Å²) < 4.78 is 24.5. The third kappa shape index (κ3) is 5.28. The quantitative estimate of drug-likeness (QED) is 0.693. The van der Waals surface area contributed by atoms with E-state index in [4.69, 9.17) is 9.47 Å². The van der Waals surface area contributed by atoms with Gasteiger partial charge in [0.2, 0.25) is 0 Å². The second kappa shape index (κ2) is 7.62. The third-order valence-electron chi connectivity index (χ3n) is 5.63. The zero-order valence-corrected chi connectivity index (χ0v) is 18.3. The lowest BCUT2D eigenvalue weighted by atomic mass is 9.86. The minimum absolute atomic E-state index is 0.0421. The zero-order valence-electron chi connectivity index (χ0n) is 18.3. The van der Waals surface area contributed by atoms with Crippen molar-refractivity contribution in [1.82, 2.24) is 4.90 Å². The van der Waals surface area contributed by atoms with Crippen molar-refractivity contribution in [2.75, 3.05) is 19.7 Å². The maximum Gasteiger partial charge on any atom is 0.410 e. The van der Waals surface area contributed by atoms with E-state index in [-0.39, 0.29) is 40.9 Å². The number of hydrogen-bond acceptors (Lipinski definition) is 4. The number of rotatable bonds is 6. The van der Waals surface area contributed by atoms with Crippen LogP contribution in [-0.2, 0) is 9.53 Å². The van der Waals surface area contributed by atoms with Crippen LogP contribution in [0.2, 0.25) is 0 Å². The van der Waals surface area contributed by atoms with Gasteiger partial charge in [0.15, 0.2) is 0 Å². The van der Waals surface area contributed by atoms with Crippen molar-refractivity contribution in [2.45, 2.75) is 53.6 Å². The van der Waals surface area contributed by atoms with Crippen molar-refractivity contribution in [2.24, 2.45) is 23.2 Å². The van der Waals surface area contributed by atoms with Gasteiger partial charge in [0, 0.05) is 30.8 Å². The average Bonchev–Trinajstić information content (AvgIpc) is 3.06. The first kappa shape index (κ1) is 21.6. The highest BCUT2D eigenvalue weighted by Gasteiger charge is 2.60. The van der Waals surface area contributed by atoms with E-state index in [2.05, 4.69) is 0 Å². The molecule has 1 amide bonds. The number of benzene rings is 1. The molecule has 160 valence electrons. The maximum absolute atomic E-state index is 13.2. The molecule has 3 rings (SSSR count). The van der Waals surface area contributed by atoms with E-state index in [1.165, 1.54) is 12.1 Å². The lowest BCUT2D eigenvalue weighted by Crippen LogP contribution is -2.37. The lowest BCUT2D eigenvalue weighted by Gasteiger charge is -2.27. The molecule has 1 unspecified atom stereocenters. The number of carbonyl (C=O) groups is 2. The van der Waals surface area contributed by atoms with Gasteiger partial charge in [-0.2, -0.15) is 0 Å². The van der Waals surface area contributed by atoms with Crippen molar-refractivity contribution >= 4 is 11.9 Å². The van der Waals surface area contributed by atoms with Crippen LogP contribution in [0.5, 0.6) is 5.75 Å². The first-order valence-corrected chi connectivity index (χ1v) is 10.3. The fourth-order valence-corrected chi connectivity index (χ4v) is 4.17. The number of likely N-dealkylation sites (tertiary alicyclic amines) is 1. The number of aryl methyl sites for hydroxylation is 1. The number of ketones is 1. The van der Waals surface area contributed by atoms with Crippen molar-refractivity contribution in [1.29, 1.82) is 0 Å². The molecular weight excluding hydrogens is 373 g/mol. The fraction of sp³-hybridized carbons (Fsp3) is 0.652. The molecule has 3 atom stereocenters. The molecule has 1 saturated carbocycles. The molecule has 5 nitrogen and oxygen atoms in total. The van der Waals surface area contributed by atoms with Gasteiger partial charge in [-0.1, -0.05) is 13.8 Å². The highest BCUT2D eigenvalue weighted by atomic mass is 19.1. The molecule has 0 radical (unpaired) electrons. The Bertz CT molecular complexity index is 787. The Labute approximate surface area is 172 Å². The lowest BCUT2D eigenvalue weighted by molar-refractivity contribution is -0.123. The van der Waals surface area contributed by atoms with Gasteiger partial charge in [-0.25, -0.2) is 9.18 Å². The van der Waals surface area contributed by atoms with Gasteiger partial charge in [-0.15, -0.1) is 0 Å². The summed E-state index contributed by atoms with van der Waals surface area (Å²) in [6, 6.07) is 4.44. The second-order valence-electron chi connectivity index (χ2n) is 10.2. The molecule has 1 heterocycles. The predicted octanol–water partition coefficient (Wildman–Crippen LogP) is 4.61. The van der Waals surface area contributed by atoms with Crippen LogP contribution in [0.1, 0.15) is 46.6 Å². The number of amides is 1. The van der Waals surface area contributed by atoms with Gasteiger partial charge in [-0.05, 0) is 63.3 Å². The van der Waals surface area contributed by atoms with E-state index < -0.39 is 5.60 Å². The van der Waals surface area contributed by atoms with E-state index in [0.717, 1.165) is 5.56 Å². The monoisotopic (exact) mass is 405 g/mol. The normalized spacial score (nSPS) is 23.6. The summed E-state index contributed by atoms with van der Waals surface area (Å²) in [6.45, 7) is 13.0. The number of halogens is 1. The first-order valence-electron chi connectivity index (χ1n) is 10.3. The van der Waals surface area contributed by atoms with Crippen molar-refractivity contribution in [3.8, 4) is 5.75 Å². The SMILES string of the molecule is Cc1cc(F)ccc1OCC(C)(C)CC(=O)C1[C@H]2CN(C(=O)OC(C)(C)C)C[C@@H]12. The molecule has 6 heteroatoms. The number of ether oxygens (including phenoxy) is 2. The number of carbonyl (C=O) groups excluding carboxylic acids is 2. The number of hydrogen-bond donors (Lipinski definition) is 0. The standard InChI is InChI=1S/C23H32FNO4/c1-14-9-15(24)7-8-19(14)28-13-23(5,6)10-18(26)20-16-11-25(12-17(16)20)21(27)29-22(2,3)4/h7-9,16-17,20H,10-13H2,1-6H3/t16-,17+,20?. The average molecular weight is 406 g/mol. The smallest absolute Gasteiger partial charge is 0.410 e. The van der Waals surface area contributed by atoms with E-state index in [0.29, 0.717) is 31.9 Å². The molecule has 1 aromatic rings. The highest BCUT2D eigenvalue weighted by Crippen LogP contribution is 2.53. The largest absolute Gasteiger partial charge is 0.493 e. The zero-order chi connectivity index (χ0) is 21.6. The maximum atomic E-state index is 13.2. The molecule has 0 spiro atoms. The Hall–Kier alpha value is -2.11. The molecule has 2 aliphatic rings. The Kier molecular flexibility index (Phi) is 5.67. The summed E-state index contributed by atoms with van der Waals surface area (Å²) in [4.78, 5) is 26.7. The van der Waals surface area contributed by atoms with E-state index in [9.17, 15) is 14.0 Å². The summed E-state index contributed by atoms with van der Waals surface area (Å²) in [7, 11) is 0. The van der Waals surface area contributed by atoms with Gasteiger partial charge in [0.25, 0.3) is 0 Å². The first-order chi connectivity index (χ1) is 13.4. The number of fused-ring (bicyclic) bond motifs is 1. The van der Waals surface area contributed by atoms with Crippen LogP contribution < -0.4 is 4.74 Å². The molecule has 2 fully saturated rings. The van der Waals surface area contributed by atoms with Crippen LogP contribution in [0.15, 0.2) is 18.2 Å². The summed E-state index contributed by atoms with van der Waals surface area (Å²) in [5, 5.41) is 0. The molecule has 0 N–H and O–H groups in total. The summed E-state index contributed by atoms with van der Waals surface area (Å²) in [5.41, 5.74) is -0.0860. The summed E-state index contributed by atoms with van der Waals surface area (Å²) >= 11 is 0. The molecule has 1 aliphatic carbocycles. The van der Waals surface area contributed by atoms with E-state index >= 15 is 0 Å². The number of nitrogens with zero attached hydrogens (tertiary/aromatic N) is 1. The van der Waals surface area contributed by atoms with Crippen molar-refractivity contribution in [3.63, 3.8) is 0 Å². The van der Waals surface area contributed by atoms with Crippen molar-refractivity contribution in [3.05, 3.63) is 29.6 Å². The molecule has 1 aromatic carbocycles. The molecule has 1 saturated heterocycles. The van der Waals surface area contributed by atoms with Gasteiger partial charge < -0.3 is 14.4 Å². The third-order valence-corrected chi connectivity index (χ3v) is 5.63. The number of piperidine rings is 1. The Morgan fingerprint density at radius 3 is 2.31 bits per heavy atom. The highest BCUT2D eigenvalue weighted by molar-refractivity contribution is 5.85. The minimum Gasteiger partial charge on any atom is -0.493 e. The summed E-state index contributed by atoms with van der Waals surface area (Å²) in [5.74, 6) is 1.15. The van der Waals surface area contributed by atoms with E-state index in [1.54, 1.807) is 17.9 Å². The minimum atomic E-state index is -0.508. The topological polar surface area (TPSA) is 55.8 Å². The van der Waals surface area contributed by atoms with Crippen LogP contribution in [-0.4, -0.2) is 42.1 Å². The van der Waals surface area contributed by atoms with Crippen molar-refractivity contribution < 1.29 is 23.5 Å². The Morgan fingerprint density at radius 2 is 1.76 bits per heavy atom. The summed E-state index contributed by atoms with van der Waals surface area (Å²) in [6.07, 6.45) is 0.136.